The van der Waals surface area contributed by atoms with Gasteiger partial charge < -0.3 is 5.32 Å². The molecule has 3 heterocycles. The number of carbonyl (C=O) groups excluding carboxylic acids is 1. The second kappa shape index (κ2) is 6.76. The Hall–Kier alpha value is -2.54. The Morgan fingerprint density at radius 1 is 1.36 bits per heavy atom. The number of anilines is 1. The summed E-state index contributed by atoms with van der Waals surface area (Å²) in [7, 11) is 0. The summed E-state index contributed by atoms with van der Waals surface area (Å²) in [5.74, 6) is 1.35. The van der Waals surface area contributed by atoms with Crippen LogP contribution in [0.15, 0.2) is 42.0 Å². The molecule has 0 aliphatic heterocycles. The molecule has 1 amide bonds. The van der Waals surface area contributed by atoms with Crippen molar-refractivity contribution in [2.45, 2.75) is 32.2 Å². The van der Waals surface area contributed by atoms with E-state index in [1.165, 1.54) is 24.2 Å². The van der Waals surface area contributed by atoms with Crippen LogP contribution in [0.3, 0.4) is 0 Å². The van der Waals surface area contributed by atoms with Gasteiger partial charge in [0.2, 0.25) is 5.91 Å². The van der Waals surface area contributed by atoms with Gasteiger partial charge in [-0.25, -0.2) is 9.67 Å². The molecule has 25 heavy (non-hydrogen) atoms. The zero-order chi connectivity index (χ0) is 17.2. The van der Waals surface area contributed by atoms with Crippen LogP contribution in [0.5, 0.6) is 0 Å². The highest BCUT2D eigenvalue weighted by Crippen LogP contribution is 2.40. The fourth-order valence-corrected chi connectivity index (χ4v) is 3.66. The van der Waals surface area contributed by atoms with E-state index in [1.54, 1.807) is 12.4 Å². The predicted octanol–water partition coefficient (Wildman–Crippen LogP) is 3.55. The number of hydrogen-bond donors (Lipinski definition) is 1. The standard InChI is InChI=1S/C18H19N5OS/c1-12(13-5-6-13)23-16(7-9-20-23)22-17(24)10-14-11-25-18(21-14)15-4-2-3-8-19-15/h2-4,7-9,11-13H,5-6,10H2,1H3,(H,22,24). The third kappa shape index (κ3) is 3.61. The van der Waals surface area contributed by atoms with Crippen LogP contribution >= 0.6 is 11.3 Å². The van der Waals surface area contributed by atoms with Gasteiger partial charge >= 0.3 is 0 Å². The van der Waals surface area contributed by atoms with Gasteiger partial charge in [0.25, 0.3) is 0 Å². The molecule has 128 valence electrons. The normalized spacial score (nSPS) is 15.1. The van der Waals surface area contributed by atoms with Crippen molar-refractivity contribution >= 4 is 23.1 Å². The smallest absolute Gasteiger partial charge is 0.231 e. The Balaban J connectivity index is 1.41. The molecular weight excluding hydrogens is 334 g/mol. The number of thiazole rings is 1. The van der Waals surface area contributed by atoms with Crippen molar-refractivity contribution in [3.05, 3.63) is 47.7 Å². The van der Waals surface area contributed by atoms with Gasteiger partial charge in [-0.3, -0.25) is 9.78 Å². The van der Waals surface area contributed by atoms with Gasteiger partial charge in [0.1, 0.15) is 10.8 Å². The molecule has 3 aromatic heterocycles. The van der Waals surface area contributed by atoms with Gasteiger partial charge in [-0.2, -0.15) is 5.10 Å². The molecule has 1 N–H and O–H groups in total. The first kappa shape index (κ1) is 16.0. The molecule has 1 atom stereocenters. The van der Waals surface area contributed by atoms with E-state index < -0.39 is 0 Å². The molecule has 0 radical (unpaired) electrons. The van der Waals surface area contributed by atoms with E-state index in [2.05, 4.69) is 27.3 Å². The lowest BCUT2D eigenvalue weighted by Gasteiger charge is -2.15. The molecule has 3 aromatic rings. The average molecular weight is 353 g/mol. The Morgan fingerprint density at radius 3 is 3.00 bits per heavy atom. The van der Waals surface area contributed by atoms with Crippen molar-refractivity contribution in [2.75, 3.05) is 5.32 Å². The highest BCUT2D eigenvalue weighted by Gasteiger charge is 2.30. The first-order valence-corrected chi connectivity index (χ1v) is 9.28. The summed E-state index contributed by atoms with van der Waals surface area (Å²) in [6.45, 7) is 2.15. The maximum Gasteiger partial charge on any atom is 0.231 e. The van der Waals surface area contributed by atoms with Crippen LogP contribution in [0.25, 0.3) is 10.7 Å². The van der Waals surface area contributed by atoms with Crippen LogP contribution in [0.2, 0.25) is 0 Å². The zero-order valence-corrected chi connectivity index (χ0v) is 14.7. The third-order valence-corrected chi connectivity index (χ3v) is 5.32. The van der Waals surface area contributed by atoms with E-state index in [0.29, 0.717) is 12.0 Å². The number of carbonyl (C=O) groups is 1. The molecule has 1 aliphatic rings. The van der Waals surface area contributed by atoms with Crippen molar-refractivity contribution in [2.24, 2.45) is 5.92 Å². The first-order chi connectivity index (χ1) is 12.2. The number of aromatic nitrogens is 4. The van der Waals surface area contributed by atoms with E-state index in [9.17, 15) is 4.79 Å². The van der Waals surface area contributed by atoms with Gasteiger partial charge in [0.15, 0.2) is 0 Å². The Bertz CT molecular complexity index is 868. The Labute approximate surface area is 149 Å². The zero-order valence-electron chi connectivity index (χ0n) is 13.9. The summed E-state index contributed by atoms with van der Waals surface area (Å²) in [5.41, 5.74) is 1.58. The van der Waals surface area contributed by atoms with Crippen molar-refractivity contribution in [3.63, 3.8) is 0 Å². The summed E-state index contributed by atoms with van der Waals surface area (Å²) in [6, 6.07) is 7.88. The summed E-state index contributed by atoms with van der Waals surface area (Å²) >= 11 is 1.50. The second-order valence-electron chi connectivity index (χ2n) is 6.32. The number of nitrogens with zero attached hydrogens (tertiary/aromatic N) is 4. The van der Waals surface area contributed by atoms with Crippen molar-refractivity contribution in [1.82, 2.24) is 19.7 Å². The van der Waals surface area contributed by atoms with Crippen LogP contribution in [0.4, 0.5) is 5.82 Å². The summed E-state index contributed by atoms with van der Waals surface area (Å²) in [6.07, 6.45) is 6.20. The summed E-state index contributed by atoms with van der Waals surface area (Å²) in [5, 5.41) is 10.1. The van der Waals surface area contributed by atoms with E-state index in [1.807, 2.05) is 34.3 Å². The number of pyridine rings is 1. The summed E-state index contributed by atoms with van der Waals surface area (Å²) < 4.78 is 1.91. The van der Waals surface area contributed by atoms with Crippen LogP contribution in [0, 0.1) is 5.92 Å². The minimum absolute atomic E-state index is 0.0809. The maximum atomic E-state index is 12.4. The molecule has 4 rings (SSSR count). The minimum Gasteiger partial charge on any atom is -0.311 e. The highest BCUT2D eigenvalue weighted by atomic mass is 32.1. The van der Waals surface area contributed by atoms with Crippen molar-refractivity contribution < 1.29 is 4.79 Å². The predicted molar refractivity (Wildman–Crippen MR) is 97.3 cm³/mol. The second-order valence-corrected chi connectivity index (χ2v) is 7.18. The Morgan fingerprint density at radius 2 is 2.24 bits per heavy atom. The topological polar surface area (TPSA) is 72.7 Å². The molecule has 6 nitrogen and oxygen atoms in total. The van der Waals surface area contributed by atoms with Crippen molar-refractivity contribution in [1.29, 1.82) is 0 Å². The first-order valence-electron chi connectivity index (χ1n) is 8.40. The van der Waals surface area contributed by atoms with Gasteiger partial charge in [-0.15, -0.1) is 11.3 Å². The fraction of sp³-hybridized carbons (Fsp3) is 0.333. The molecule has 0 saturated heterocycles. The minimum atomic E-state index is -0.0809. The maximum absolute atomic E-state index is 12.4. The lowest BCUT2D eigenvalue weighted by molar-refractivity contribution is -0.115. The van der Waals surface area contributed by atoms with E-state index in [4.69, 9.17) is 0 Å². The lowest BCUT2D eigenvalue weighted by Crippen LogP contribution is -2.19. The van der Waals surface area contributed by atoms with Gasteiger partial charge in [-0.1, -0.05) is 6.07 Å². The largest absolute Gasteiger partial charge is 0.311 e. The molecule has 0 bridgehead atoms. The summed E-state index contributed by atoms with van der Waals surface area (Å²) in [4.78, 5) is 21.2. The van der Waals surface area contributed by atoms with Gasteiger partial charge in [0.05, 0.1) is 30.0 Å². The molecular formula is C18H19N5OS. The monoisotopic (exact) mass is 353 g/mol. The van der Waals surface area contributed by atoms with Crippen molar-refractivity contribution in [3.8, 4) is 10.7 Å². The number of amides is 1. The molecule has 1 fully saturated rings. The number of rotatable bonds is 6. The molecule has 0 aromatic carbocycles. The van der Waals surface area contributed by atoms with Gasteiger partial charge in [-0.05, 0) is 37.8 Å². The van der Waals surface area contributed by atoms with Crippen LogP contribution in [0.1, 0.15) is 31.5 Å². The van der Waals surface area contributed by atoms with Crippen LogP contribution in [-0.2, 0) is 11.2 Å². The van der Waals surface area contributed by atoms with Crippen LogP contribution in [-0.4, -0.2) is 25.7 Å². The number of hydrogen-bond acceptors (Lipinski definition) is 5. The molecule has 1 saturated carbocycles. The average Bonchev–Trinajstić information content (AvgIpc) is 3.21. The molecule has 0 spiro atoms. The third-order valence-electron chi connectivity index (χ3n) is 4.41. The van der Waals surface area contributed by atoms with E-state index in [0.717, 1.165) is 22.2 Å². The number of nitrogens with one attached hydrogen (secondary N) is 1. The molecule has 1 unspecified atom stereocenters. The Kier molecular flexibility index (Phi) is 4.31. The molecule has 1 aliphatic carbocycles. The van der Waals surface area contributed by atoms with Crippen LogP contribution < -0.4 is 5.32 Å². The van der Waals surface area contributed by atoms with Gasteiger partial charge in [0, 0.05) is 17.6 Å². The molecule has 7 heteroatoms. The highest BCUT2D eigenvalue weighted by molar-refractivity contribution is 7.13. The van der Waals surface area contributed by atoms with E-state index >= 15 is 0 Å². The fourth-order valence-electron chi connectivity index (χ4n) is 2.86. The lowest BCUT2D eigenvalue weighted by atomic mass is 10.2. The van der Waals surface area contributed by atoms with E-state index in [-0.39, 0.29) is 12.3 Å². The quantitative estimate of drug-likeness (QED) is 0.735. The SMILES string of the molecule is CC(C1CC1)n1nccc1NC(=O)Cc1csc(-c2ccccn2)n1.